The number of ether oxygens (including phenoxy) is 3. The molecule has 0 saturated heterocycles. The van der Waals surface area contributed by atoms with E-state index in [1.807, 2.05) is 0 Å². The van der Waals surface area contributed by atoms with E-state index in [1.54, 1.807) is 54.6 Å². The molecule has 0 bridgehead atoms. The smallest absolute Gasteiger partial charge is 0.343 e. The number of nitro groups is 1. The predicted octanol–water partition coefficient (Wildman–Crippen LogP) is 6.29. The first-order valence-electron chi connectivity index (χ1n) is 12.3. The Hall–Kier alpha value is -4.99. The molecule has 10 nitrogen and oxygen atoms in total. The number of rotatable bonds is 13. The third kappa shape index (κ3) is 7.51. The molecular formula is C29H26N2O8. The molecule has 4 aromatic rings. The number of nitro benzene ring substituents is 1. The lowest BCUT2D eigenvalue weighted by Crippen LogP contribution is -2.08. The minimum atomic E-state index is -0.534. The van der Waals surface area contributed by atoms with Gasteiger partial charge in [0.2, 0.25) is 5.89 Å². The number of nitrogens with zero attached hydrogens (tertiary/aromatic N) is 2. The zero-order valence-electron chi connectivity index (χ0n) is 21.0. The number of benzene rings is 3. The van der Waals surface area contributed by atoms with Crippen molar-refractivity contribution in [2.45, 2.75) is 25.7 Å². The van der Waals surface area contributed by atoms with E-state index >= 15 is 0 Å². The van der Waals surface area contributed by atoms with Crippen molar-refractivity contribution in [2.24, 2.45) is 0 Å². The molecule has 0 radical (unpaired) electrons. The molecule has 39 heavy (non-hydrogen) atoms. The molecule has 0 fully saturated rings. The molecule has 0 aliphatic carbocycles. The maximum atomic E-state index is 12.6. The van der Waals surface area contributed by atoms with E-state index in [0.717, 1.165) is 31.8 Å². The summed E-state index contributed by atoms with van der Waals surface area (Å²) in [6.45, 7) is 4.28. The number of fused-ring (bicyclic) bond motifs is 1. The molecule has 0 atom stereocenters. The minimum absolute atomic E-state index is 0.0268. The molecule has 0 aliphatic heterocycles. The fraction of sp³-hybridized carbons (Fsp3) is 0.207. The second kappa shape index (κ2) is 13.0. The molecule has 0 amide bonds. The second-order valence-electron chi connectivity index (χ2n) is 8.50. The number of oxazole rings is 1. The van der Waals surface area contributed by atoms with Crippen molar-refractivity contribution >= 4 is 28.7 Å². The SMILES string of the molecule is C=CC(=O)OCCCCCCOc1ccc(C(=O)Oc2ccc3nc(-c4ccc([N+](=O)[O-])cc4)oc3c2)cc1. The zero-order chi connectivity index (χ0) is 27.6. The van der Waals surface area contributed by atoms with Gasteiger partial charge in [0.15, 0.2) is 5.58 Å². The molecular weight excluding hydrogens is 504 g/mol. The highest BCUT2D eigenvalue weighted by Gasteiger charge is 2.14. The fourth-order valence-electron chi connectivity index (χ4n) is 3.65. The summed E-state index contributed by atoms with van der Waals surface area (Å²) >= 11 is 0. The van der Waals surface area contributed by atoms with Gasteiger partial charge in [-0.2, -0.15) is 0 Å². The maximum Gasteiger partial charge on any atom is 0.343 e. The second-order valence-corrected chi connectivity index (χ2v) is 8.50. The molecule has 1 aromatic heterocycles. The van der Waals surface area contributed by atoms with Crippen LogP contribution in [0.4, 0.5) is 5.69 Å². The van der Waals surface area contributed by atoms with Gasteiger partial charge >= 0.3 is 11.9 Å². The minimum Gasteiger partial charge on any atom is -0.494 e. The summed E-state index contributed by atoms with van der Waals surface area (Å²) in [4.78, 5) is 38.4. The van der Waals surface area contributed by atoms with Crippen LogP contribution in [0.3, 0.4) is 0 Å². The summed E-state index contributed by atoms with van der Waals surface area (Å²) in [6.07, 6.45) is 4.67. The predicted molar refractivity (Wildman–Crippen MR) is 143 cm³/mol. The summed E-state index contributed by atoms with van der Waals surface area (Å²) in [5, 5.41) is 10.9. The van der Waals surface area contributed by atoms with Crippen LogP contribution in [0.2, 0.25) is 0 Å². The molecule has 200 valence electrons. The van der Waals surface area contributed by atoms with Crippen molar-refractivity contribution in [1.29, 1.82) is 0 Å². The van der Waals surface area contributed by atoms with Gasteiger partial charge in [0.1, 0.15) is 17.0 Å². The van der Waals surface area contributed by atoms with E-state index in [0.29, 0.717) is 52.8 Å². The number of carbonyl (C=O) groups excluding carboxylic acids is 2. The standard InChI is InChI=1S/C29H26N2O8/c1-2-27(32)37-18-6-4-3-5-17-36-23-13-9-21(10-14-23)29(33)38-24-15-16-25-26(19-24)39-28(30-25)20-7-11-22(12-8-20)31(34)35/h2,7-16,19H,1,3-6,17-18H2. The van der Waals surface area contributed by atoms with Gasteiger partial charge < -0.3 is 18.6 Å². The summed E-state index contributed by atoms with van der Waals surface area (Å²) in [6, 6.07) is 17.4. The highest BCUT2D eigenvalue weighted by Crippen LogP contribution is 2.28. The number of esters is 2. The Balaban J connectivity index is 1.25. The third-order valence-electron chi connectivity index (χ3n) is 5.70. The van der Waals surface area contributed by atoms with Gasteiger partial charge in [-0.3, -0.25) is 10.1 Å². The Morgan fingerprint density at radius 1 is 0.923 bits per heavy atom. The van der Waals surface area contributed by atoms with Gasteiger partial charge in [-0.05, 0) is 74.2 Å². The quantitative estimate of drug-likeness (QED) is 0.0488. The van der Waals surface area contributed by atoms with Gasteiger partial charge in [0, 0.05) is 29.8 Å². The van der Waals surface area contributed by atoms with Crippen LogP contribution in [0.15, 0.2) is 83.8 Å². The molecule has 0 N–H and O–H groups in total. The van der Waals surface area contributed by atoms with Gasteiger partial charge in [-0.1, -0.05) is 6.58 Å². The number of hydrogen-bond donors (Lipinski definition) is 0. The molecule has 3 aromatic carbocycles. The van der Waals surface area contributed by atoms with Crippen molar-refractivity contribution in [1.82, 2.24) is 4.98 Å². The zero-order valence-corrected chi connectivity index (χ0v) is 21.0. The van der Waals surface area contributed by atoms with Crippen molar-refractivity contribution in [3.63, 3.8) is 0 Å². The maximum absolute atomic E-state index is 12.6. The van der Waals surface area contributed by atoms with E-state index < -0.39 is 16.9 Å². The Morgan fingerprint density at radius 3 is 2.31 bits per heavy atom. The van der Waals surface area contributed by atoms with E-state index in [4.69, 9.17) is 18.6 Å². The van der Waals surface area contributed by atoms with Crippen LogP contribution in [0.25, 0.3) is 22.6 Å². The molecule has 0 spiro atoms. The molecule has 0 unspecified atom stereocenters. The Labute approximate surface area is 224 Å². The summed E-state index contributed by atoms with van der Waals surface area (Å²) in [5.41, 5.74) is 1.89. The Bertz CT molecular complexity index is 1460. The lowest BCUT2D eigenvalue weighted by Gasteiger charge is -2.08. The average molecular weight is 531 g/mol. The Morgan fingerprint density at radius 2 is 1.62 bits per heavy atom. The number of unbranched alkanes of at least 4 members (excludes halogenated alkanes) is 3. The Kier molecular flexibility index (Phi) is 9.02. The van der Waals surface area contributed by atoms with Crippen molar-refractivity contribution < 1.29 is 33.1 Å². The van der Waals surface area contributed by atoms with E-state index in [1.165, 1.54) is 12.1 Å². The number of non-ortho nitro benzene ring substituents is 1. The molecule has 0 saturated carbocycles. The third-order valence-corrected chi connectivity index (χ3v) is 5.70. The first-order chi connectivity index (χ1) is 18.9. The van der Waals surface area contributed by atoms with Gasteiger partial charge in [0.25, 0.3) is 5.69 Å². The topological polar surface area (TPSA) is 131 Å². The highest BCUT2D eigenvalue weighted by atomic mass is 16.6. The summed E-state index contributed by atoms with van der Waals surface area (Å²) in [7, 11) is 0. The number of aromatic nitrogens is 1. The van der Waals surface area contributed by atoms with Crippen molar-refractivity contribution in [3.05, 3.63) is 95.1 Å². The van der Waals surface area contributed by atoms with E-state index in [9.17, 15) is 19.7 Å². The average Bonchev–Trinajstić information content (AvgIpc) is 3.38. The molecule has 1 heterocycles. The van der Waals surface area contributed by atoms with Crippen LogP contribution >= 0.6 is 0 Å². The first kappa shape index (κ1) is 27.1. The van der Waals surface area contributed by atoms with Crippen LogP contribution in [-0.2, 0) is 9.53 Å². The molecule has 10 heteroatoms. The van der Waals surface area contributed by atoms with Crippen LogP contribution in [0.5, 0.6) is 11.5 Å². The summed E-state index contributed by atoms with van der Waals surface area (Å²) in [5.74, 6) is 0.296. The van der Waals surface area contributed by atoms with Crippen molar-refractivity contribution in [3.8, 4) is 23.0 Å². The molecule has 4 rings (SSSR count). The van der Waals surface area contributed by atoms with E-state index in [2.05, 4.69) is 11.6 Å². The lowest BCUT2D eigenvalue weighted by atomic mass is 10.2. The lowest BCUT2D eigenvalue weighted by molar-refractivity contribution is -0.384. The van der Waals surface area contributed by atoms with Gasteiger partial charge in [-0.25, -0.2) is 14.6 Å². The number of carbonyl (C=O) groups is 2. The van der Waals surface area contributed by atoms with Crippen LogP contribution < -0.4 is 9.47 Å². The first-order valence-corrected chi connectivity index (χ1v) is 12.3. The highest BCUT2D eigenvalue weighted by molar-refractivity contribution is 5.91. The molecule has 0 aliphatic rings. The van der Waals surface area contributed by atoms with E-state index in [-0.39, 0.29) is 5.69 Å². The van der Waals surface area contributed by atoms with Crippen molar-refractivity contribution in [2.75, 3.05) is 13.2 Å². The van der Waals surface area contributed by atoms with Crippen LogP contribution in [-0.4, -0.2) is 35.1 Å². The summed E-state index contributed by atoms with van der Waals surface area (Å²) < 4.78 is 21.9. The number of hydrogen-bond acceptors (Lipinski definition) is 9. The van der Waals surface area contributed by atoms with Crippen LogP contribution in [0, 0.1) is 10.1 Å². The van der Waals surface area contributed by atoms with Gasteiger partial charge in [-0.15, -0.1) is 0 Å². The van der Waals surface area contributed by atoms with Crippen LogP contribution in [0.1, 0.15) is 36.0 Å². The monoisotopic (exact) mass is 530 g/mol. The van der Waals surface area contributed by atoms with Gasteiger partial charge in [0.05, 0.1) is 23.7 Å². The fourth-order valence-corrected chi connectivity index (χ4v) is 3.65. The normalized spacial score (nSPS) is 10.7. The largest absolute Gasteiger partial charge is 0.494 e.